The van der Waals surface area contributed by atoms with E-state index in [2.05, 4.69) is 105 Å². The van der Waals surface area contributed by atoms with Gasteiger partial charge in [0.05, 0.1) is 26.2 Å². The van der Waals surface area contributed by atoms with Crippen molar-refractivity contribution in [3.63, 3.8) is 0 Å². The monoisotopic (exact) mass is 521 g/mol. The molecule has 0 amide bonds. The zero-order valence-electron chi connectivity index (χ0n) is 20.5. The van der Waals surface area contributed by atoms with Crippen LogP contribution in [0.2, 0.25) is 0 Å². The van der Waals surface area contributed by atoms with Gasteiger partial charge in [0.15, 0.2) is 0 Å². The Balaban J connectivity index is 0.00000229. The maximum atomic E-state index is 2.63. The third kappa shape index (κ3) is 3.61. The molecule has 2 heterocycles. The minimum Gasteiger partial charge on any atom is -1.00 e. The van der Waals surface area contributed by atoms with E-state index in [4.69, 9.17) is 0 Å². The molecule has 0 spiro atoms. The standard InChI is InChI=1S/C33H32N.BrH/c1-34(2)29-15-16-30(34)18-22(17-29)19-31(23-7-4-3-5-8-23)28-20-26-13-11-24-9-6-10-25-12-14-27(21-28)33(26)32(24)25;/h3-14,19-22,29-30H,15-18H2,1-2H3;1H/q+1;/p-1. The highest BCUT2D eigenvalue weighted by atomic mass is 79.9. The quantitative estimate of drug-likeness (QED) is 0.230. The van der Waals surface area contributed by atoms with Crippen LogP contribution in [-0.2, 0) is 0 Å². The molecule has 5 aromatic carbocycles. The molecule has 2 heteroatoms. The smallest absolute Gasteiger partial charge is 0.0896 e. The topological polar surface area (TPSA) is 0 Å². The molecule has 7 rings (SSSR count). The minimum atomic E-state index is 0. The number of hydrogen-bond donors (Lipinski definition) is 0. The third-order valence-electron chi connectivity index (χ3n) is 9.13. The molecule has 1 nitrogen and oxygen atoms in total. The largest absolute Gasteiger partial charge is 1.00 e. The van der Waals surface area contributed by atoms with Gasteiger partial charge in [-0.25, -0.2) is 0 Å². The minimum absolute atomic E-state index is 0. The van der Waals surface area contributed by atoms with E-state index in [9.17, 15) is 0 Å². The fourth-order valence-electron chi connectivity index (χ4n) is 7.18. The van der Waals surface area contributed by atoms with E-state index in [1.54, 1.807) is 0 Å². The molecule has 35 heavy (non-hydrogen) atoms. The Morgan fingerprint density at radius 3 is 1.80 bits per heavy atom. The van der Waals surface area contributed by atoms with E-state index in [1.807, 2.05) is 0 Å². The lowest BCUT2D eigenvalue weighted by molar-refractivity contribution is -0.931. The van der Waals surface area contributed by atoms with Crippen LogP contribution in [-0.4, -0.2) is 30.7 Å². The number of fused-ring (bicyclic) bond motifs is 2. The number of hydrogen-bond acceptors (Lipinski definition) is 0. The van der Waals surface area contributed by atoms with Crippen molar-refractivity contribution in [2.75, 3.05) is 14.1 Å². The van der Waals surface area contributed by atoms with Crippen LogP contribution >= 0.6 is 0 Å². The van der Waals surface area contributed by atoms with Crippen LogP contribution in [0.1, 0.15) is 36.8 Å². The summed E-state index contributed by atoms with van der Waals surface area (Å²) in [5, 5.41) is 8.17. The van der Waals surface area contributed by atoms with Gasteiger partial charge >= 0.3 is 0 Å². The van der Waals surface area contributed by atoms with Gasteiger partial charge in [-0.1, -0.05) is 78.9 Å². The normalized spacial score (nSPS) is 23.7. The van der Waals surface area contributed by atoms with E-state index in [0.717, 1.165) is 12.1 Å². The summed E-state index contributed by atoms with van der Waals surface area (Å²) < 4.78 is 1.23. The molecule has 2 fully saturated rings. The first-order valence-corrected chi connectivity index (χ1v) is 12.9. The summed E-state index contributed by atoms with van der Waals surface area (Å²) in [6.07, 6.45) is 8.04. The molecule has 0 aromatic heterocycles. The van der Waals surface area contributed by atoms with E-state index in [0.29, 0.717) is 5.92 Å². The predicted octanol–water partition coefficient (Wildman–Crippen LogP) is 5.04. The molecule has 2 bridgehead atoms. The second kappa shape index (κ2) is 8.47. The summed E-state index contributed by atoms with van der Waals surface area (Å²) in [4.78, 5) is 0. The molecule has 2 aliphatic rings. The van der Waals surface area contributed by atoms with Gasteiger partial charge in [-0.15, -0.1) is 0 Å². The molecule has 2 atom stereocenters. The van der Waals surface area contributed by atoms with E-state index >= 15 is 0 Å². The Morgan fingerprint density at radius 2 is 1.20 bits per heavy atom. The van der Waals surface area contributed by atoms with Crippen LogP contribution in [0.25, 0.3) is 37.9 Å². The average molecular weight is 523 g/mol. The third-order valence-corrected chi connectivity index (χ3v) is 9.13. The number of rotatable bonds is 3. The predicted molar refractivity (Wildman–Crippen MR) is 145 cm³/mol. The van der Waals surface area contributed by atoms with Crippen LogP contribution in [0.15, 0.2) is 91.0 Å². The molecule has 2 saturated heterocycles. The van der Waals surface area contributed by atoms with Crippen LogP contribution in [0, 0.1) is 5.92 Å². The second-order valence-electron chi connectivity index (χ2n) is 11.2. The van der Waals surface area contributed by atoms with Crippen LogP contribution in [0.3, 0.4) is 0 Å². The molecule has 176 valence electrons. The molecule has 0 radical (unpaired) electrons. The first kappa shape index (κ1) is 22.8. The Hall–Kier alpha value is -2.68. The van der Waals surface area contributed by atoms with E-state index in [-0.39, 0.29) is 17.0 Å². The Labute approximate surface area is 218 Å². The number of piperidine rings is 1. The highest BCUT2D eigenvalue weighted by Gasteiger charge is 2.48. The van der Waals surface area contributed by atoms with Crippen molar-refractivity contribution >= 4 is 37.9 Å². The number of quaternary nitrogens is 1. The summed E-state index contributed by atoms with van der Waals surface area (Å²) in [5.74, 6) is 0.657. The fourth-order valence-corrected chi connectivity index (χ4v) is 7.18. The Bertz CT molecular complexity index is 1470. The number of allylic oxidation sites excluding steroid dienone is 1. The lowest BCUT2D eigenvalue weighted by Gasteiger charge is -2.44. The molecule has 5 aromatic rings. The molecule has 0 N–H and O–H groups in total. The van der Waals surface area contributed by atoms with Crippen molar-refractivity contribution in [1.29, 1.82) is 0 Å². The molecular formula is C33H32BrN. The van der Waals surface area contributed by atoms with Gasteiger partial charge in [0.1, 0.15) is 0 Å². The number of halogens is 1. The van der Waals surface area contributed by atoms with E-state index < -0.39 is 0 Å². The zero-order valence-corrected chi connectivity index (χ0v) is 22.1. The first-order valence-electron chi connectivity index (χ1n) is 12.9. The van der Waals surface area contributed by atoms with Gasteiger partial charge in [-0.3, -0.25) is 0 Å². The van der Waals surface area contributed by atoms with Crippen molar-refractivity contribution in [1.82, 2.24) is 0 Å². The maximum Gasteiger partial charge on any atom is 0.0896 e. The van der Waals surface area contributed by atoms with Crippen molar-refractivity contribution in [3.8, 4) is 0 Å². The molecule has 0 aliphatic carbocycles. The summed E-state index contributed by atoms with van der Waals surface area (Å²) in [6, 6.07) is 33.4. The molecular weight excluding hydrogens is 490 g/mol. The Morgan fingerprint density at radius 1 is 0.657 bits per heavy atom. The average Bonchev–Trinajstić information content (AvgIpc) is 3.01. The van der Waals surface area contributed by atoms with Gasteiger partial charge in [0.2, 0.25) is 0 Å². The Kier molecular flexibility index (Phi) is 5.51. The fraction of sp³-hybridized carbons (Fsp3) is 0.273. The summed E-state index contributed by atoms with van der Waals surface area (Å²) in [7, 11) is 4.92. The first-order chi connectivity index (χ1) is 16.6. The summed E-state index contributed by atoms with van der Waals surface area (Å²) in [5.41, 5.74) is 4.09. The van der Waals surface area contributed by atoms with Gasteiger partial charge < -0.3 is 21.5 Å². The maximum absolute atomic E-state index is 2.63. The summed E-state index contributed by atoms with van der Waals surface area (Å²) in [6.45, 7) is 0. The lowest BCUT2D eigenvalue weighted by Crippen LogP contribution is -3.00. The van der Waals surface area contributed by atoms with Gasteiger partial charge in [-0.2, -0.15) is 0 Å². The van der Waals surface area contributed by atoms with Gasteiger partial charge in [-0.05, 0) is 67.1 Å². The molecule has 0 saturated carbocycles. The van der Waals surface area contributed by atoms with Crippen molar-refractivity contribution in [2.24, 2.45) is 5.92 Å². The summed E-state index contributed by atoms with van der Waals surface area (Å²) >= 11 is 0. The molecule has 2 unspecified atom stereocenters. The zero-order chi connectivity index (χ0) is 22.9. The molecule has 2 aliphatic heterocycles. The van der Waals surface area contributed by atoms with Gasteiger partial charge in [0, 0.05) is 25.7 Å². The van der Waals surface area contributed by atoms with Crippen LogP contribution in [0.5, 0.6) is 0 Å². The highest BCUT2D eigenvalue weighted by molar-refractivity contribution is 6.23. The highest BCUT2D eigenvalue weighted by Crippen LogP contribution is 2.44. The van der Waals surface area contributed by atoms with E-state index in [1.165, 1.54) is 79.2 Å². The van der Waals surface area contributed by atoms with Crippen LogP contribution in [0.4, 0.5) is 0 Å². The number of nitrogens with zero attached hydrogens (tertiary/aromatic N) is 1. The second-order valence-corrected chi connectivity index (χ2v) is 11.2. The van der Waals surface area contributed by atoms with Gasteiger partial charge in [0.25, 0.3) is 0 Å². The number of benzene rings is 5. The van der Waals surface area contributed by atoms with Crippen molar-refractivity contribution < 1.29 is 21.5 Å². The van der Waals surface area contributed by atoms with Crippen molar-refractivity contribution in [2.45, 2.75) is 37.8 Å². The lowest BCUT2D eigenvalue weighted by atomic mass is 9.84. The van der Waals surface area contributed by atoms with Crippen LogP contribution < -0.4 is 17.0 Å². The van der Waals surface area contributed by atoms with Crippen molar-refractivity contribution in [3.05, 3.63) is 102 Å². The SMILES string of the molecule is C[N+]1(C)C2CCC1CC(C=C(c1ccccc1)c1cc3ccc4cccc5ccc(c1)c3c45)C2.[Br-].